The molecule has 0 spiro atoms. The molecule has 4 rings (SSSR count). The molecule has 13 heteroatoms. The zero-order valence-corrected chi connectivity index (χ0v) is 21.3. The van der Waals surface area contributed by atoms with Crippen molar-refractivity contribution < 1.29 is 36.6 Å². The number of carbonyl (C=O) groups is 2. The average molecular weight is 566 g/mol. The number of nitrogens with one attached hydrogen (secondary N) is 1. The van der Waals surface area contributed by atoms with Gasteiger partial charge in [-0.1, -0.05) is 29.8 Å². The first-order valence-corrected chi connectivity index (χ1v) is 13.2. The second-order valence-electron chi connectivity index (χ2n) is 8.61. The van der Waals surface area contributed by atoms with E-state index in [1.807, 2.05) is 12.1 Å². The molecule has 2 heterocycles. The van der Waals surface area contributed by atoms with Gasteiger partial charge in [0.1, 0.15) is 16.4 Å². The molecular weight excluding hydrogens is 544 g/mol. The number of rotatable bonds is 7. The van der Waals surface area contributed by atoms with Crippen LogP contribution in [0, 0.1) is 17.6 Å². The molecule has 1 fully saturated rings. The largest absolute Gasteiger partial charge is 0.490 e. The van der Waals surface area contributed by atoms with Crippen molar-refractivity contribution in [2.45, 2.75) is 17.2 Å². The van der Waals surface area contributed by atoms with Gasteiger partial charge >= 0.3 is 6.09 Å². The second-order valence-corrected chi connectivity index (χ2v) is 10.7. The fourth-order valence-electron chi connectivity index (χ4n) is 4.27. The highest BCUT2D eigenvalue weighted by molar-refractivity contribution is 7.90. The molecule has 0 bridgehead atoms. The van der Waals surface area contributed by atoms with Crippen LogP contribution in [0.2, 0.25) is 5.02 Å². The summed E-state index contributed by atoms with van der Waals surface area (Å²) in [4.78, 5) is 27.5. The molecule has 2 amide bonds. The predicted octanol–water partition coefficient (Wildman–Crippen LogP) is 4.29. The highest BCUT2D eigenvalue weighted by Crippen LogP contribution is 2.35. The van der Waals surface area contributed by atoms with Gasteiger partial charge in [-0.15, -0.1) is 0 Å². The number of aromatic nitrogens is 1. The van der Waals surface area contributed by atoms with Crippen LogP contribution in [0.3, 0.4) is 0 Å². The third-order valence-electron chi connectivity index (χ3n) is 6.16. The average Bonchev–Trinajstić information content (AvgIpc) is 2.89. The highest BCUT2D eigenvalue weighted by atomic mass is 35.5. The number of likely N-dealkylation sites (tertiary alicyclic amines) is 1. The fraction of sp³-hybridized carbons (Fsp3) is 0.240. The maximum atomic E-state index is 14.8. The van der Waals surface area contributed by atoms with Crippen molar-refractivity contribution in [3.63, 3.8) is 0 Å². The number of nitrogens with zero attached hydrogens (tertiary/aromatic N) is 2. The van der Waals surface area contributed by atoms with Gasteiger partial charge in [-0.25, -0.2) is 26.7 Å². The summed E-state index contributed by atoms with van der Waals surface area (Å²) >= 11 is 5.97. The quantitative estimate of drug-likeness (QED) is 0.437. The van der Waals surface area contributed by atoms with E-state index in [0.29, 0.717) is 30.1 Å². The highest BCUT2D eigenvalue weighted by Gasteiger charge is 2.33. The standard InChI is InChI=1S/C25H22ClF2N3O6S/c26-17-6-4-15(5-7-17)18-8-10-31(25(33)34)13-16(18)14-37-22-11-20(28)23(12-19(22)27)38(35,36)30-24(32)21-3-1-2-9-29-21/h1-7,9,11-12,16,18H,8,10,13-14H2,(H,30,32)(H,33,34)/t16-,18-/m0/s1. The smallest absolute Gasteiger partial charge is 0.407 e. The molecule has 0 saturated carbocycles. The van der Waals surface area contributed by atoms with Crippen molar-refractivity contribution in [2.24, 2.45) is 5.92 Å². The molecule has 0 aliphatic carbocycles. The van der Waals surface area contributed by atoms with Crippen molar-refractivity contribution >= 4 is 33.6 Å². The van der Waals surface area contributed by atoms with E-state index >= 15 is 0 Å². The summed E-state index contributed by atoms with van der Waals surface area (Å²) in [6.45, 7) is 0.216. The number of hydrogen-bond acceptors (Lipinski definition) is 6. The van der Waals surface area contributed by atoms with Crippen molar-refractivity contribution in [1.29, 1.82) is 0 Å². The van der Waals surface area contributed by atoms with E-state index in [1.54, 1.807) is 16.9 Å². The molecule has 3 aromatic rings. The van der Waals surface area contributed by atoms with Crippen LogP contribution < -0.4 is 9.46 Å². The van der Waals surface area contributed by atoms with E-state index < -0.39 is 50.2 Å². The number of halogens is 3. The minimum atomic E-state index is -4.77. The molecule has 1 aromatic heterocycles. The number of sulfonamides is 1. The van der Waals surface area contributed by atoms with Crippen LogP contribution in [0.4, 0.5) is 13.6 Å². The molecule has 2 aromatic carbocycles. The lowest BCUT2D eigenvalue weighted by Gasteiger charge is -2.37. The number of hydrogen-bond donors (Lipinski definition) is 2. The number of carbonyl (C=O) groups excluding carboxylic acids is 1. The minimum Gasteiger partial charge on any atom is -0.490 e. The Morgan fingerprint density at radius 3 is 2.53 bits per heavy atom. The van der Waals surface area contributed by atoms with Gasteiger partial charge in [-0.05, 0) is 42.2 Å². The van der Waals surface area contributed by atoms with Crippen LogP contribution in [0.1, 0.15) is 28.4 Å². The molecule has 0 unspecified atom stereocenters. The zero-order chi connectivity index (χ0) is 27.4. The molecule has 0 radical (unpaired) electrons. The summed E-state index contributed by atoms with van der Waals surface area (Å²) in [5, 5.41) is 9.96. The summed E-state index contributed by atoms with van der Waals surface area (Å²) in [6, 6.07) is 12.3. The van der Waals surface area contributed by atoms with Crippen LogP contribution in [-0.2, 0) is 10.0 Å². The SMILES string of the molecule is O=C(NS(=O)(=O)c1cc(F)c(OC[C@@H]2CN(C(=O)O)CC[C@H]2c2ccc(Cl)cc2)cc1F)c1ccccn1. The summed E-state index contributed by atoms with van der Waals surface area (Å²) in [7, 11) is -4.77. The van der Waals surface area contributed by atoms with E-state index in [-0.39, 0.29) is 24.8 Å². The lowest BCUT2D eigenvalue weighted by atomic mass is 9.81. The predicted molar refractivity (Wildman–Crippen MR) is 133 cm³/mol. The minimum absolute atomic E-state index is 0.0960. The van der Waals surface area contributed by atoms with E-state index in [0.717, 1.165) is 5.56 Å². The summed E-state index contributed by atoms with van der Waals surface area (Å²) in [5.41, 5.74) is 0.666. The topological polar surface area (TPSA) is 126 Å². The Kier molecular flexibility index (Phi) is 8.12. The molecular formula is C25H22ClF2N3O6S. The van der Waals surface area contributed by atoms with Gasteiger partial charge in [0.05, 0.1) is 6.61 Å². The van der Waals surface area contributed by atoms with Crippen molar-refractivity contribution in [2.75, 3.05) is 19.7 Å². The Morgan fingerprint density at radius 2 is 1.87 bits per heavy atom. The number of piperidine rings is 1. The van der Waals surface area contributed by atoms with Crippen molar-refractivity contribution in [3.8, 4) is 5.75 Å². The van der Waals surface area contributed by atoms with Gasteiger partial charge in [-0.2, -0.15) is 0 Å². The van der Waals surface area contributed by atoms with Crippen molar-refractivity contribution in [1.82, 2.24) is 14.6 Å². The number of amides is 2. The first kappa shape index (κ1) is 27.3. The third kappa shape index (κ3) is 6.20. The van der Waals surface area contributed by atoms with Gasteiger partial charge < -0.3 is 14.7 Å². The molecule has 1 aliphatic heterocycles. The number of carboxylic acid groups (broad SMARTS) is 1. The van der Waals surface area contributed by atoms with Crippen LogP contribution in [0.5, 0.6) is 5.75 Å². The van der Waals surface area contributed by atoms with Gasteiger partial charge in [0.15, 0.2) is 11.6 Å². The lowest BCUT2D eigenvalue weighted by molar-refractivity contribution is 0.0927. The monoisotopic (exact) mass is 565 g/mol. The second kappa shape index (κ2) is 11.3. The van der Waals surface area contributed by atoms with Crippen LogP contribution in [0.15, 0.2) is 65.7 Å². The Balaban J connectivity index is 1.52. The van der Waals surface area contributed by atoms with Gasteiger partial charge in [-0.3, -0.25) is 9.78 Å². The Bertz CT molecular complexity index is 1440. The maximum Gasteiger partial charge on any atom is 0.407 e. The van der Waals surface area contributed by atoms with Crippen LogP contribution in [0.25, 0.3) is 0 Å². The molecule has 200 valence electrons. The summed E-state index contributed by atoms with van der Waals surface area (Å²) < 4.78 is 61.9. The Hall–Kier alpha value is -3.77. The Morgan fingerprint density at radius 1 is 1.13 bits per heavy atom. The molecule has 1 aliphatic rings. The van der Waals surface area contributed by atoms with Crippen molar-refractivity contribution in [3.05, 3.63) is 88.7 Å². The first-order chi connectivity index (χ1) is 18.0. The van der Waals surface area contributed by atoms with E-state index in [9.17, 15) is 31.9 Å². The Labute approximate surface area is 222 Å². The number of pyridine rings is 1. The number of ether oxygens (including phenoxy) is 1. The zero-order valence-electron chi connectivity index (χ0n) is 19.7. The molecule has 2 atom stereocenters. The summed E-state index contributed by atoms with van der Waals surface area (Å²) in [5.74, 6) is -4.74. The molecule has 38 heavy (non-hydrogen) atoms. The lowest BCUT2D eigenvalue weighted by Crippen LogP contribution is -2.44. The third-order valence-corrected chi connectivity index (χ3v) is 7.75. The van der Waals surface area contributed by atoms with Crippen LogP contribution in [-0.4, -0.2) is 55.1 Å². The number of benzene rings is 2. The van der Waals surface area contributed by atoms with E-state index in [1.165, 1.54) is 29.3 Å². The molecule has 2 N–H and O–H groups in total. The van der Waals surface area contributed by atoms with Gasteiger partial charge in [0, 0.05) is 42.4 Å². The van der Waals surface area contributed by atoms with E-state index in [2.05, 4.69) is 4.98 Å². The summed E-state index contributed by atoms with van der Waals surface area (Å²) in [6.07, 6.45) is 0.642. The van der Waals surface area contributed by atoms with Gasteiger partial charge in [0.25, 0.3) is 15.9 Å². The van der Waals surface area contributed by atoms with Gasteiger partial charge in [0.2, 0.25) is 0 Å². The molecule has 9 nitrogen and oxygen atoms in total. The van der Waals surface area contributed by atoms with E-state index in [4.69, 9.17) is 16.3 Å². The normalized spacial score (nSPS) is 17.6. The van der Waals surface area contributed by atoms with Crippen LogP contribution >= 0.6 is 11.6 Å². The first-order valence-electron chi connectivity index (χ1n) is 11.4. The molecule has 1 saturated heterocycles. The fourth-order valence-corrected chi connectivity index (χ4v) is 5.43. The maximum absolute atomic E-state index is 14.8.